The van der Waals surface area contributed by atoms with Crippen molar-refractivity contribution in [1.29, 1.82) is 0 Å². The average Bonchev–Trinajstić information content (AvgIpc) is 3.53. The highest BCUT2D eigenvalue weighted by Gasteiger charge is 2.29. The van der Waals surface area contributed by atoms with Gasteiger partial charge in [0.25, 0.3) is 5.92 Å². The topological polar surface area (TPSA) is 73.3 Å². The van der Waals surface area contributed by atoms with E-state index >= 15 is 0 Å². The number of anilines is 2. The van der Waals surface area contributed by atoms with Crippen LogP contribution < -0.4 is 10.1 Å². The van der Waals surface area contributed by atoms with Gasteiger partial charge >= 0.3 is 5.97 Å². The summed E-state index contributed by atoms with van der Waals surface area (Å²) < 4.78 is 38.3. The van der Waals surface area contributed by atoms with Gasteiger partial charge in [0.05, 0.1) is 18.4 Å². The van der Waals surface area contributed by atoms with Crippen LogP contribution in [0.3, 0.4) is 0 Å². The minimum Gasteiger partial charge on any atom is -0.496 e. The lowest BCUT2D eigenvalue weighted by atomic mass is 10.0. The molecule has 37 heavy (non-hydrogen) atoms. The van der Waals surface area contributed by atoms with Crippen LogP contribution in [0.1, 0.15) is 41.6 Å². The summed E-state index contributed by atoms with van der Waals surface area (Å²) in [4.78, 5) is 23.8. The van der Waals surface area contributed by atoms with Gasteiger partial charge in [-0.25, -0.2) is 23.5 Å². The fourth-order valence-corrected chi connectivity index (χ4v) is 5.92. The van der Waals surface area contributed by atoms with E-state index in [1.165, 1.54) is 24.5 Å². The van der Waals surface area contributed by atoms with Crippen molar-refractivity contribution in [1.82, 2.24) is 9.97 Å². The van der Waals surface area contributed by atoms with Crippen molar-refractivity contribution in [2.24, 2.45) is 5.92 Å². The standard InChI is InChI=1S/C26H24F2IN3O3S2/c1-14(2)10-21-22(15-7-8-18(26(3,27)28)19(12-15)34-4)31-25(37-21)32-23-17(24(33)35-29)11-16(13-30-23)20-6-5-9-36-20/h5-9,11-14H,10H2,1-4H3,(H,30,31,32). The molecule has 4 rings (SSSR count). The Hall–Kier alpha value is -2.64. The lowest BCUT2D eigenvalue weighted by Gasteiger charge is -2.16. The molecule has 0 fully saturated rings. The molecule has 0 spiro atoms. The number of nitrogens with zero attached hydrogens (tertiary/aromatic N) is 2. The van der Waals surface area contributed by atoms with Crippen LogP contribution in [-0.4, -0.2) is 23.0 Å². The van der Waals surface area contributed by atoms with Crippen molar-refractivity contribution in [3.63, 3.8) is 0 Å². The molecule has 194 valence electrons. The SMILES string of the molecule is COc1cc(-c2nc(Nc3ncc(-c4cccs4)cc3C(=O)OI)sc2CC(C)C)ccc1C(C)(F)F. The first-order valence-corrected chi connectivity index (χ1v) is 13.9. The minimum atomic E-state index is -3.04. The number of hydrogen-bond acceptors (Lipinski definition) is 8. The molecule has 11 heteroatoms. The first-order chi connectivity index (χ1) is 17.6. The Morgan fingerprint density at radius 3 is 2.62 bits per heavy atom. The number of hydrogen-bond donors (Lipinski definition) is 1. The van der Waals surface area contributed by atoms with Gasteiger partial charge in [-0.2, -0.15) is 0 Å². The van der Waals surface area contributed by atoms with Crippen molar-refractivity contribution < 1.29 is 21.4 Å². The number of carbonyl (C=O) groups excluding carboxylic acids is 1. The average molecular weight is 656 g/mol. The molecule has 6 nitrogen and oxygen atoms in total. The van der Waals surface area contributed by atoms with Crippen molar-refractivity contribution >= 4 is 62.6 Å². The Balaban J connectivity index is 1.75. The number of aromatic nitrogens is 2. The number of rotatable bonds is 9. The van der Waals surface area contributed by atoms with Crippen LogP contribution in [0.15, 0.2) is 48.0 Å². The molecule has 0 saturated heterocycles. The second-order valence-corrected chi connectivity index (χ2v) is 11.3. The zero-order valence-electron chi connectivity index (χ0n) is 20.5. The summed E-state index contributed by atoms with van der Waals surface area (Å²) in [6.45, 7) is 5.03. The number of carbonyl (C=O) groups is 1. The summed E-state index contributed by atoms with van der Waals surface area (Å²) in [5.74, 6) is -2.82. The molecule has 0 aliphatic rings. The van der Waals surface area contributed by atoms with Gasteiger partial charge in [-0.3, -0.25) is 0 Å². The summed E-state index contributed by atoms with van der Waals surface area (Å²) in [5.41, 5.74) is 2.22. The van der Waals surface area contributed by atoms with Gasteiger partial charge in [0, 0.05) is 34.0 Å². The van der Waals surface area contributed by atoms with E-state index in [1.54, 1.807) is 58.7 Å². The number of pyridine rings is 1. The monoisotopic (exact) mass is 655 g/mol. The number of thiophene rings is 1. The van der Waals surface area contributed by atoms with E-state index in [0.717, 1.165) is 28.7 Å². The molecular weight excluding hydrogens is 631 g/mol. The summed E-state index contributed by atoms with van der Waals surface area (Å²) in [6.07, 6.45) is 2.42. The van der Waals surface area contributed by atoms with Gasteiger partial charge in [-0.1, -0.05) is 26.0 Å². The third-order valence-corrected chi connectivity index (χ3v) is 7.76. The summed E-state index contributed by atoms with van der Waals surface area (Å²) in [7, 11) is 1.37. The Kier molecular flexibility index (Phi) is 8.44. The zero-order chi connectivity index (χ0) is 26.7. The molecule has 0 aliphatic heterocycles. The van der Waals surface area contributed by atoms with E-state index in [9.17, 15) is 13.6 Å². The third-order valence-electron chi connectivity index (χ3n) is 5.45. The molecule has 0 aliphatic carbocycles. The van der Waals surface area contributed by atoms with Gasteiger partial charge in [0.15, 0.2) is 28.1 Å². The highest BCUT2D eigenvalue weighted by atomic mass is 127. The number of ether oxygens (including phenoxy) is 1. The molecule has 0 amide bonds. The van der Waals surface area contributed by atoms with E-state index in [1.807, 2.05) is 17.5 Å². The Morgan fingerprint density at radius 2 is 2.00 bits per heavy atom. The number of thiazole rings is 1. The van der Waals surface area contributed by atoms with Crippen molar-refractivity contribution in [2.75, 3.05) is 12.4 Å². The summed E-state index contributed by atoms with van der Waals surface area (Å²) in [5, 5.41) is 5.65. The van der Waals surface area contributed by atoms with Crippen LogP contribution in [0.5, 0.6) is 5.75 Å². The maximum atomic E-state index is 14.0. The molecule has 0 saturated carbocycles. The molecule has 4 aromatic rings. The van der Waals surface area contributed by atoms with Gasteiger partial charge in [-0.05, 0) is 42.0 Å². The maximum Gasteiger partial charge on any atom is 0.351 e. The molecular formula is C26H24F2IN3O3S2. The lowest BCUT2D eigenvalue weighted by Crippen LogP contribution is -2.09. The molecule has 3 heterocycles. The first-order valence-electron chi connectivity index (χ1n) is 11.3. The van der Waals surface area contributed by atoms with Crippen LogP contribution >= 0.6 is 45.7 Å². The number of methoxy groups -OCH3 is 1. The highest BCUT2D eigenvalue weighted by Crippen LogP contribution is 2.40. The van der Waals surface area contributed by atoms with Crippen LogP contribution in [0.2, 0.25) is 0 Å². The first kappa shape index (κ1) is 27.4. The van der Waals surface area contributed by atoms with Gasteiger partial charge in [0.1, 0.15) is 17.1 Å². The van der Waals surface area contributed by atoms with Crippen molar-refractivity contribution in [2.45, 2.75) is 33.1 Å². The van der Waals surface area contributed by atoms with Gasteiger partial charge < -0.3 is 13.1 Å². The minimum absolute atomic E-state index is 0.0981. The smallest absolute Gasteiger partial charge is 0.351 e. The number of halogens is 3. The normalized spacial score (nSPS) is 11.6. The molecule has 0 radical (unpaired) electrons. The van der Waals surface area contributed by atoms with E-state index in [-0.39, 0.29) is 16.9 Å². The quantitative estimate of drug-likeness (QED) is 0.182. The molecule has 0 atom stereocenters. The van der Waals surface area contributed by atoms with E-state index in [4.69, 9.17) is 12.8 Å². The highest BCUT2D eigenvalue weighted by molar-refractivity contribution is 14.1. The Labute approximate surface area is 235 Å². The van der Waals surface area contributed by atoms with Crippen LogP contribution in [0.25, 0.3) is 21.7 Å². The van der Waals surface area contributed by atoms with E-state index in [0.29, 0.717) is 28.1 Å². The fraction of sp³-hybridized carbons (Fsp3) is 0.269. The number of benzene rings is 1. The van der Waals surface area contributed by atoms with Crippen LogP contribution in [0, 0.1) is 5.92 Å². The fourth-order valence-electron chi connectivity index (χ4n) is 3.78. The number of alkyl halides is 2. The zero-order valence-corrected chi connectivity index (χ0v) is 24.3. The van der Waals surface area contributed by atoms with Gasteiger partial charge in [-0.15, -0.1) is 22.7 Å². The second kappa shape index (κ2) is 11.4. The molecule has 1 N–H and O–H groups in total. The summed E-state index contributed by atoms with van der Waals surface area (Å²) >= 11 is 4.53. The predicted octanol–water partition coefficient (Wildman–Crippen LogP) is 8.50. The lowest BCUT2D eigenvalue weighted by molar-refractivity contribution is 0.0151. The number of nitrogens with one attached hydrogen (secondary N) is 1. The summed E-state index contributed by atoms with van der Waals surface area (Å²) in [6, 6.07) is 10.2. The van der Waals surface area contributed by atoms with Crippen LogP contribution in [0.4, 0.5) is 19.7 Å². The molecule has 0 bridgehead atoms. The van der Waals surface area contributed by atoms with Gasteiger partial charge in [0.2, 0.25) is 0 Å². The Morgan fingerprint density at radius 1 is 1.22 bits per heavy atom. The van der Waals surface area contributed by atoms with Crippen molar-refractivity contribution in [3.05, 3.63) is 64.0 Å². The van der Waals surface area contributed by atoms with E-state index < -0.39 is 11.9 Å². The third kappa shape index (κ3) is 6.27. The largest absolute Gasteiger partial charge is 0.496 e. The van der Waals surface area contributed by atoms with Crippen molar-refractivity contribution in [3.8, 4) is 27.4 Å². The molecule has 1 aromatic carbocycles. The van der Waals surface area contributed by atoms with Crippen LogP contribution in [-0.2, 0) is 15.4 Å². The van der Waals surface area contributed by atoms with E-state index in [2.05, 4.69) is 24.1 Å². The molecule has 3 aromatic heterocycles. The second-order valence-electron chi connectivity index (χ2n) is 8.78. The predicted molar refractivity (Wildman–Crippen MR) is 152 cm³/mol. The Bertz CT molecular complexity index is 1400. The maximum absolute atomic E-state index is 14.0. The molecule has 0 unspecified atom stereocenters.